The van der Waals surface area contributed by atoms with Gasteiger partial charge in [0.25, 0.3) is 0 Å². The minimum absolute atomic E-state index is 0.872. The van der Waals surface area contributed by atoms with E-state index in [-0.39, 0.29) is 0 Å². The zero-order valence-corrected chi connectivity index (χ0v) is 16.6. The van der Waals surface area contributed by atoms with E-state index in [0.717, 1.165) is 25.4 Å². The summed E-state index contributed by atoms with van der Waals surface area (Å²) in [6.07, 6.45) is 10.7. The normalized spacial score (nSPS) is 12.7. The van der Waals surface area contributed by atoms with Crippen molar-refractivity contribution in [1.82, 2.24) is 10.2 Å². The van der Waals surface area contributed by atoms with E-state index in [0.29, 0.717) is 0 Å². The van der Waals surface area contributed by atoms with E-state index in [4.69, 9.17) is 0 Å². The van der Waals surface area contributed by atoms with Crippen LogP contribution in [-0.4, -0.2) is 32.1 Å². The second-order valence-electron chi connectivity index (χ2n) is 7.37. The molecule has 1 rings (SSSR count). The van der Waals surface area contributed by atoms with E-state index in [1.807, 2.05) is 7.05 Å². The Labute approximate surface area is 151 Å². The van der Waals surface area contributed by atoms with Gasteiger partial charge in [0.2, 0.25) is 0 Å². The van der Waals surface area contributed by atoms with E-state index < -0.39 is 0 Å². The quantitative estimate of drug-likeness (QED) is 0.467. The minimum Gasteiger partial charge on any atom is -0.319 e. The van der Waals surface area contributed by atoms with Crippen LogP contribution in [0.25, 0.3) is 0 Å². The Bertz CT molecular complexity index is 399. The van der Waals surface area contributed by atoms with Crippen molar-refractivity contribution in [3.8, 4) is 0 Å². The van der Waals surface area contributed by atoms with Gasteiger partial charge in [0.05, 0.1) is 0 Å². The molecule has 138 valence electrons. The van der Waals surface area contributed by atoms with Crippen LogP contribution in [0.3, 0.4) is 0 Å². The van der Waals surface area contributed by atoms with Gasteiger partial charge in [-0.1, -0.05) is 70.2 Å². The van der Waals surface area contributed by atoms with Crippen molar-refractivity contribution in [3.05, 3.63) is 35.4 Å². The predicted molar refractivity (Wildman–Crippen MR) is 108 cm³/mol. The van der Waals surface area contributed by atoms with Crippen LogP contribution in [-0.2, 0) is 13.0 Å². The first-order valence-corrected chi connectivity index (χ1v) is 10.1. The van der Waals surface area contributed by atoms with Crippen molar-refractivity contribution in [2.75, 3.05) is 27.2 Å². The van der Waals surface area contributed by atoms with E-state index in [1.54, 1.807) is 0 Å². The van der Waals surface area contributed by atoms with Crippen molar-refractivity contribution in [2.45, 2.75) is 71.8 Å². The summed E-state index contributed by atoms with van der Waals surface area (Å²) in [6, 6.07) is 9.19. The first-order valence-electron chi connectivity index (χ1n) is 10.1. The lowest BCUT2D eigenvalue weighted by molar-refractivity contribution is 0.245. The van der Waals surface area contributed by atoms with Crippen LogP contribution in [0.4, 0.5) is 0 Å². The van der Waals surface area contributed by atoms with Gasteiger partial charge in [-0.05, 0) is 56.9 Å². The van der Waals surface area contributed by atoms with Gasteiger partial charge in [-0.2, -0.15) is 0 Å². The number of hydrogen-bond acceptors (Lipinski definition) is 2. The smallest absolute Gasteiger partial charge is 0.0230 e. The fourth-order valence-electron chi connectivity index (χ4n) is 3.40. The monoisotopic (exact) mass is 332 g/mol. The van der Waals surface area contributed by atoms with Gasteiger partial charge in [-0.15, -0.1) is 0 Å². The Balaban J connectivity index is 2.43. The van der Waals surface area contributed by atoms with Crippen molar-refractivity contribution in [3.63, 3.8) is 0 Å². The summed E-state index contributed by atoms with van der Waals surface area (Å²) in [7, 11) is 4.30. The highest BCUT2D eigenvalue weighted by atomic mass is 15.1. The Morgan fingerprint density at radius 3 is 2.17 bits per heavy atom. The number of likely N-dealkylation sites (N-methyl/N-ethyl adjacent to an activating group) is 1. The van der Waals surface area contributed by atoms with Crippen LogP contribution < -0.4 is 5.32 Å². The lowest BCUT2D eigenvalue weighted by atomic mass is 9.95. The number of nitrogens with zero attached hydrogens (tertiary/aromatic N) is 1. The van der Waals surface area contributed by atoms with Gasteiger partial charge in [-0.25, -0.2) is 0 Å². The highest BCUT2D eigenvalue weighted by Gasteiger charge is 2.11. The van der Waals surface area contributed by atoms with Crippen molar-refractivity contribution >= 4 is 0 Å². The molecule has 0 amide bonds. The van der Waals surface area contributed by atoms with E-state index >= 15 is 0 Å². The summed E-state index contributed by atoms with van der Waals surface area (Å²) >= 11 is 0. The van der Waals surface area contributed by atoms with Crippen LogP contribution in [0, 0.1) is 5.92 Å². The van der Waals surface area contributed by atoms with Crippen molar-refractivity contribution < 1.29 is 0 Å². The van der Waals surface area contributed by atoms with E-state index in [1.165, 1.54) is 62.6 Å². The molecule has 1 aromatic carbocycles. The molecule has 1 atom stereocenters. The second-order valence-corrected chi connectivity index (χ2v) is 7.37. The molecule has 0 bridgehead atoms. The average Bonchev–Trinajstić information content (AvgIpc) is 2.59. The number of rotatable bonds is 14. The molecule has 0 aliphatic carbocycles. The molecule has 0 aliphatic rings. The number of benzene rings is 1. The number of unbranched alkanes of at least 4 members (excludes halogenated alkanes) is 3. The van der Waals surface area contributed by atoms with Gasteiger partial charge in [0, 0.05) is 13.1 Å². The third-order valence-corrected chi connectivity index (χ3v) is 4.89. The van der Waals surface area contributed by atoms with Gasteiger partial charge < -0.3 is 10.2 Å². The number of hydrogen-bond donors (Lipinski definition) is 1. The summed E-state index contributed by atoms with van der Waals surface area (Å²) in [5.74, 6) is 0.872. The number of nitrogens with one attached hydrogen (secondary N) is 1. The largest absolute Gasteiger partial charge is 0.319 e. The zero-order valence-electron chi connectivity index (χ0n) is 16.6. The third kappa shape index (κ3) is 9.44. The summed E-state index contributed by atoms with van der Waals surface area (Å²) in [4.78, 5) is 2.52. The summed E-state index contributed by atoms with van der Waals surface area (Å²) in [5.41, 5.74) is 2.87. The maximum atomic E-state index is 3.21. The summed E-state index contributed by atoms with van der Waals surface area (Å²) in [5, 5.41) is 3.21. The molecular weight excluding hydrogens is 292 g/mol. The SMILES string of the molecule is CCCCCC(CCCC)CN(C)Cc1ccc(CCNC)cc1. The Morgan fingerprint density at radius 2 is 1.54 bits per heavy atom. The molecule has 0 saturated carbocycles. The first-order chi connectivity index (χ1) is 11.7. The summed E-state index contributed by atoms with van der Waals surface area (Å²) in [6.45, 7) is 7.97. The zero-order chi connectivity index (χ0) is 17.6. The highest BCUT2D eigenvalue weighted by molar-refractivity contribution is 5.22. The van der Waals surface area contributed by atoms with Crippen molar-refractivity contribution in [1.29, 1.82) is 0 Å². The molecule has 24 heavy (non-hydrogen) atoms. The van der Waals surface area contributed by atoms with Crippen LogP contribution >= 0.6 is 0 Å². The maximum Gasteiger partial charge on any atom is 0.0230 e. The lowest BCUT2D eigenvalue weighted by Gasteiger charge is -2.24. The van der Waals surface area contributed by atoms with E-state index in [2.05, 4.69) is 55.4 Å². The van der Waals surface area contributed by atoms with Gasteiger partial charge >= 0.3 is 0 Å². The molecular formula is C22H40N2. The van der Waals surface area contributed by atoms with Crippen LogP contribution in [0.15, 0.2) is 24.3 Å². The molecule has 2 heteroatoms. The minimum atomic E-state index is 0.872. The average molecular weight is 333 g/mol. The maximum absolute atomic E-state index is 3.21. The molecule has 2 nitrogen and oxygen atoms in total. The molecule has 1 aromatic rings. The van der Waals surface area contributed by atoms with Crippen molar-refractivity contribution in [2.24, 2.45) is 5.92 Å². The Morgan fingerprint density at radius 1 is 0.917 bits per heavy atom. The molecule has 0 aromatic heterocycles. The lowest BCUT2D eigenvalue weighted by Crippen LogP contribution is -2.25. The highest BCUT2D eigenvalue weighted by Crippen LogP contribution is 2.19. The fourth-order valence-corrected chi connectivity index (χ4v) is 3.40. The Kier molecular flexibility index (Phi) is 11.9. The molecule has 1 N–H and O–H groups in total. The van der Waals surface area contributed by atoms with E-state index in [9.17, 15) is 0 Å². The van der Waals surface area contributed by atoms with Crippen LogP contribution in [0.2, 0.25) is 0 Å². The first kappa shape index (κ1) is 21.2. The second kappa shape index (κ2) is 13.4. The van der Waals surface area contributed by atoms with Crippen LogP contribution in [0.1, 0.15) is 69.9 Å². The molecule has 0 aliphatic heterocycles. The predicted octanol–water partition coefficient (Wildman–Crippen LogP) is 5.27. The summed E-state index contributed by atoms with van der Waals surface area (Å²) < 4.78 is 0. The Hall–Kier alpha value is -0.860. The molecule has 0 radical (unpaired) electrons. The molecule has 0 saturated heterocycles. The molecule has 1 unspecified atom stereocenters. The molecule has 0 fully saturated rings. The molecule has 0 heterocycles. The van der Waals surface area contributed by atoms with Gasteiger partial charge in [-0.3, -0.25) is 0 Å². The molecule has 0 spiro atoms. The third-order valence-electron chi connectivity index (χ3n) is 4.89. The van der Waals surface area contributed by atoms with Gasteiger partial charge in [0.1, 0.15) is 0 Å². The fraction of sp³-hybridized carbons (Fsp3) is 0.727. The van der Waals surface area contributed by atoms with Gasteiger partial charge in [0.15, 0.2) is 0 Å². The van der Waals surface area contributed by atoms with Crippen LogP contribution in [0.5, 0.6) is 0 Å². The topological polar surface area (TPSA) is 15.3 Å². The standard InChI is InChI=1S/C22H40N2/c1-5-7-9-11-21(10-8-6-2)18-24(4)19-22-14-12-20(13-15-22)16-17-23-3/h12-15,21,23H,5-11,16-19H2,1-4H3.